The molecular formula is C14H21N3O. The number of hydrogen-bond donors (Lipinski definition) is 2. The highest BCUT2D eigenvalue weighted by atomic mass is 16.5. The number of nitrogens with two attached hydrogens (primary N) is 1. The summed E-state index contributed by atoms with van der Waals surface area (Å²) in [6, 6.07) is 3.46. The van der Waals surface area contributed by atoms with Gasteiger partial charge in [-0.15, -0.1) is 0 Å². The molecule has 1 fully saturated rings. The van der Waals surface area contributed by atoms with Crippen LogP contribution in [-0.4, -0.2) is 16.9 Å². The number of nitrogens with one attached hydrogen (secondary N) is 1. The molecule has 1 saturated carbocycles. The number of nitrogen functional groups attached to an aromatic ring is 1. The van der Waals surface area contributed by atoms with Crippen molar-refractivity contribution in [2.24, 2.45) is 11.1 Å². The van der Waals surface area contributed by atoms with Crippen LogP contribution >= 0.6 is 0 Å². The standard InChI is InChI=1S/C14H21N3O/c1-14(2)6-3-11(4-7-14)18-12-9-10(13(15)16)5-8-17-12/h5,8-9,11H,3-4,6-7H2,1-2H3,(H3,15,16). The van der Waals surface area contributed by atoms with Crippen LogP contribution in [0.15, 0.2) is 18.3 Å². The van der Waals surface area contributed by atoms with Gasteiger partial charge >= 0.3 is 0 Å². The molecule has 0 spiro atoms. The summed E-state index contributed by atoms with van der Waals surface area (Å²) in [5.74, 6) is 0.624. The normalized spacial score (nSPS) is 19.4. The fraction of sp³-hybridized carbons (Fsp3) is 0.571. The van der Waals surface area contributed by atoms with Gasteiger partial charge in [0.05, 0.1) is 0 Å². The van der Waals surface area contributed by atoms with Gasteiger partial charge in [-0.1, -0.05) is 13.8 Å². The number of ether oxygens (including phenoxy) is 1. The zero-order valence-corrected chi connectivity index (χ0v) is 11.1. The molecule has 1 aliphatic carbocycles. The molecule has 2 rings (SSSR count). The number of aromatic nitrogens is 1. The lowest BCUT2D eigenvalue weighted by Gasteiger charge is -2.34. The summed E-state index contributed by atoms with van der Waals surface area (Å²) in [5, 5.41) is 7.40. The Morgan fingerprint density at radius 2 is 2.11 bits per heavy atom. The first-order valence-corrected chi connectivity index (χ1v) is 6.43. The zero-order chi connectivity index (χ0) is 13.2. The molecule has 18 heavy (non-hydrogen) atoms. The molecule has 0 atom stereocenters. The molecular weight excluding hydrogens is 226 g/mol. The summed E-state index contributed by atoms with van der Waals surface area (Å²) < 4.78 is 5.88. The minimum atomic E-state index is 0.0482. The van der Waals surface area contributed by atoms with Gasteiger partial charge in [0.25, 0.3) is 0 Å². The van der Waals surface area contributed by atoms with Gasteiger partial charge in [-0.05, 0) is 37.2 Å². The lowest BCUT2D eigenvalue weighted by Crippen LogP contribution is -2.28. The molecule has 0 saturated heterocycles. The van der Waals surface area contributed by atoms with Crippen LogP contribution in [-0.2, 0) is 0 Å². The molecule has 1 heterocycles. The molecule has 1 aromatic heterocycles. The van der Waals surface area contributed by atoms with E-state index in [2.05, 4.69) is 18.8 Å². The smallest absolute Gasteiger partial charge is 0.214 e. The lowest BCUT2D eigenvalue weighted by atomic mass is 9.76. The van der Waals surface area contributed by atoms with Gasteiger partial charge in [0.1, 0.15) is 11.9 Å². The van der Waals surface area contributed by atoms with Crippen molar-refractivity contribution in [1.82, 2.24) is 4.98 Å². The molecule has 0 aliphatic heterocycles. The van der Waals surface area contributed by atoms with Crippen molar-refractivity contribution in [1.29, 1.82) is 5.41 Å². The average molecular weight is 247 g/mol. The van der Waals surface area contributed by atoms with E-state index in [1.54, 1.807) is 18.3 Å². The van der Waals surface area contributed by atoms with Crippen LogP contribution < -0.4 is 10.5 Å². The third-order valence-corrected chi connectivity index (χ3v) is 3.62. The highest BCUT2D eigenvalue weighted by molar-refractivity contribution is 5.95. The van der Waals surface area contributed by atoms with E-state index in [1.165, 1.54) is 12.8 Å². The van der Waals surface area contributed by atoms with E-state index in [0.29, 0.717) is 16.9 Å². The summed E-state index contributed by atoms with van der Waals surface area (Å²) in [5.41, 5.74) is 6.55. The highest BCUT2D eigenvalue weighted by Gasteiger charge is 2.27. The largest absolute Gasteiger partial charge is 0.474 e. The first-order valence-electron chi connectivity index (χ1n) is 6.43. The molecule has 1 aromatic rings. The Morgan fingerprint density at radius 3 is 2.72 bits per heavy atom. The third kappa shape index (κ3) is 3.22. The zero-order valence-electron chi connectivity index (χ0n) is 11.1. The van der Waals surface area contributed by atoms with Crippen molar-refractivity contribution < 1.29 is 4.74 Å². The fourth-order valence-electron chi connectivity index (χ4n) is 2.30. The summed E-state index contributed by atoms with van der Waals surface area (Å²) >= 11 is 0. The molecule has 3 N–H and O–H groups in total. The van der Waals surface area contributed by atoms with Crippen molar-refractivity contribution in [2.45, 2.75) is 45.6 Å². The van der Waals surface area contributed by atoms with Crippen molar-refractivity contribution >= 4 is 5.84 Å². The first kappa shape index (κ1) is 12.9. The Bertz CT molecular complexity index is 432. The highest BCUT2D eigenvalue weighted by Crippen LogP contribution is 2.36. The van der Waals surface area contributed by atoms with Crippen molar-refractivity contribution in [3.63, 3.8) is 0 Å². The van der Waals surface area contributed by atoms with E-state index in [4.69, 9.17) is 15.9 Å². The van der Waals surface area contributed by atoms with Gasteiger partial charge in [-0.3, -0.25) is 5.41 Å². The van der Waals surface area contributed by atoms with Gasteiger partial charge in [0.2, 0.25) is 5.88 Å². The number of amidine groups is 1. The molecule has 0 aromatic carbocycles. The molecule has 4 heteroatoms. The predicted molar refractivity (Wildman–Crippen MR) is 71.9 cm³/mol. The van der Waals surface area contributed by atoms with Crippen molar-refractivity contribution in [3.05, 3.63) is 23.9 Å². The molecule has 0 radical (unpaired) electrons. The van der Waals surface area contributed by atoms with Crippen LogP contribution in [0.3, 0.4) is 0 Å². The Balaban J connectivity index is 1.98. The lowest BCUT2D eigenvalue weighted by molar-refractivity contribution is 0.0949. The second-order valence-corrected chi connectivity index (χ2v) is 5.78. The maximum atomic E-state index is 7.40. The van der Waals surface area contributed by atoms with Gasteiger partial charge in [-0.2, -0.15) is 0 Å². The Morgan fingerprint density at radius 1 is 1.44 bits per heavy atom. The predicted octanol–water partition coefficient (Wildman–Crippen LogP) is 2.71. The number of nitrogens with zero attached hydrogens (tertiary/aromatic N) is 1. The van der Waals surface area contributed by atoms with E-state index in [1.807, 2.05) is 0 Å². The maximum absolute atomic E-state index is 7.40. The van der Waals surface area contributed by atoms with Crippen LogP contribution in [0.25, 0.3) is 0 Å². The number of pyridine rings is 1. The monoisotopic (exact) mass is 247 g/mol. The van der Waals surface area contributed by atoms with E-state index >= 15 is 0 Å². The topological polar surface area (TPSA) is 72.0 Å². The van der Waals surface area contributed by atoms with Crippen molar-refractivity contribution in [3.8, 4) is 5.88 Å². The molecule has 0 bridgehead atoms. The summed E-state index contributed by atoms with van der Waals surface area (Å²) in [6.45, 7) is 4.61. The maximum Gasteiger partial charge on any atom is 0.214 e. The fourth-order valence-corrected chi connectivity index (χ4v) is 2.30. The van der Waals surface area contributed by atoms with Crippen LogP contribution in [0.2, 0.25) is 0 Å². The van der Waals surface area contributed by atoms with E-state index in [9.17, 15) is 0 Å². The van der Waals surface area contributed by atoms with Crippen LogP contribution in [0.4, 0.5) is 0 Å². The number of rotatable bonds is 3. The summed E-state index contributed by atoms with van der Waals surface area (Å²) in [4.78, 5) is 4.18. The van der Waals surface area contributed by atoms with Gasteiger partial charge in [-0.25, -0.2) is 4.98 Å². The Labute approximate surface area is 108 Å². The van der Waals surface area contributed by atoms with E-state index in [-0.39, 0.29) is 11.9 Å². The van der Waals surface area contributed by atoms with Gasteiger partial charge in [0, 0.05) is 17.8 Å². The quantitative estimate of drug-likeness (QED) is 0.637. The molecule has 98 valence electrons. The van der Waals surface area contributed by atoms with Gasteiger partial charge < -0.3 is 10.5 Å². The van der Waals surface area contributed by atoms with Crippen LogP contribution in [0, 0.1) is 10.8 Å². The third-order valence-electron chi connectivity index (χ3n) is 3.62. The first-order chi connectivity index (χ1) is 8.46. The summed E-state index contributed by atoms with van der Waals surface area (Å²) in [6.07, 6.45) is 6.39. The Kier molecular flexibility index (Phi) is 3.55. The molecule has 4 nitrogen and oxygen atoms in total. The van der Waals surface area contributed by atoms with Gasteiger partial charge in [0.15, 0.2) is 0 Å². The SMILES string of the molecule is CC1(C)CCC(Oc2cc(C(=N)N)ccn2)CC1. The molecule has 0 unspecified atom stereocenters. The second-order valence-electron chi connectivity index (χ2n) is 5.78. The average Bonchev–Trinajstić information content (AvgIpc) is 2.32. The number of hydrogen-bond acceptors (Lipinski definition) is 3. The van der Waals surface area contributed by atoms with Crippen molar-refractivity contribution in [2.75, 3.05) is 0 Å². The van der Waals surface area contributed by atoms with E-state index < -0.39 is 0 Å². The molecule has 0 amide bonds. The van der Waals surface area contributed by atoms with E-state index in [0.717, 1.165) is 12.8 Å². The van der Waals surface area contributed by atoms with Crippen LogP contribution in [0.1, 0.15) is 45.1 Å². The summed E-state index contributed by atoms with van der Waals surface area (Å²) in [7, 11) is 0. The minimum absolute atomic E-state index is 0.0482. The Hall–Kier alpha value is -1.58. The molecule has 1 aliphatic rings. The second kappa shape index (κ2) is 4.96. The minimum Gasteiger partial charge on any atom is -0.474 e. The van der Waals surface area contributed by atoms with Crippen LogP contribution in [0.5, 0.6) is 5.88 Å².